The molecule has 5 rings (SSSR count). The molecule has 0 spiro atoms. The second-order valence-corrected chi connectivity index (χ2v) is 14.8. The van der Waals surface area contributed by atoms with E-state index in [1.54, 1.807) is 0 Å². The molecule has 0 radical (unpaired) electrons. The molecule has 3 N–H and O–H groups in total. The van der Waals surface area contributed by atoms with Crippen molar-refractivity contribution in [1.82, 2.24) is 15.2 Å². The normalized spacial score (nSPS) is 16.9. The van der Waals surface area contributed by atoms with Crippen LogP contribution in [-0.4, -0.2) is 55.6 Å². The van der Waals surface area contributed by atoms with E-state index in [9.17, 15) is 13.2 Å². The van der Waals surface area contributed by atoms with E-state index in [0.29, 0.717) is 24.2 Å². The molecule has 1 aliphatic heterocycles. The Kier molecular flexibility index (Phi) is 10.3. The lowest BCUT2D eigenvalue weighted by Crippen LogP contribution is -2.39. The van der Waals surface area contributed by atoms with E-state index in [-0.39, 0.29) is 5.91 Å². The molecular weight excluding hydrogens is 580 g/mol. The average Bonchev–Trinajstić information content (AvgIpc) is 3.50. The van der Waals surface area contributed by atoms with E-state index in [4.69, 9.17) is 0 Å². The maximum Gasteiger partial charge on any atom is 0.229 e. The van der Waals surface area contributed by atoms with Crippen molar-refractivity contribution in [3.05, 3.63) is 88.5 Å². The Bertz CT molecular complexity index is 1710. The summed E-state index contributed by atoms with van der Waals surface area (Å²) in [4.78, 5) is 19.1. The first-order valence-electron chi connectivity index (χ1n) is 16.3. The molecular formula is C37H48N4O3S. The molecule has 1 amide bonds. The minimum Gasteiger partial charge on any atom is -0.354 e. The highest BCUT2D eigenvalue weighted by Crippen LogP contribution is 2.33. The van der Waals surface area contributed by atoms with Gasteiger partial charge in [-0.3, -0.25) is 9.52 Å². The van der Waals surface area contributed by atoms with Crippen LogP contribution in [0.3, 0.4) is 0 Å². The Balaban J connectivity index is 1.24. The largest absolute Gasteiger partial charge is 0.354 e. The zero-order valence-corrected chi connectivity index (χ0v) is 28.2. The Labute approximate surface area is 268 Å². The highest BCUT2D eigenvalue weighted by molar-refractivity contribution is 7.92. The van der Waals surface area contributed by atoms with Crippen molar-refractivity contribution < 1.29 is 13.2 Å². The number of carbonyl (C=O) groups excluding carboxylic acids is 1. The van der Waals surface area contributed by atoms with Gasteiger partial charge < -0.3 is 15.2 Å². The number of nitrogens with one attached hydrogen (secondary N) is 3. The summed E-state index contributed by atoms with van der Waals surface area (Å²) in [6.45, 7) is 10.4. The quantitative estimate of drug-likeness (QED) is 0.140. The van der Waals surface area contributed by atoms with Gasteiger partial charge in [-0.15, -0.1) is 0 Å². The molecule has 2 unspecified atom stereocenters. The van der Waals surface area contributed by atoms with E-state index in [1.807, 2.05) is 24.3 Å². The van der Waals surface area contributed by atoms with Gasteiger partial charge in [-0.2, -0.15) is 0 Å². The van der Waals surface area contributed by atoms with Crippen LogP contribution in [0, 0.1) is 13.8 Å². The Morgan fingerprint density at radius 1 is 0.867 bits per heavy atom. The third kappa shape index (κ3) is 8.56. The van der Waals surface area contributed by atoms with Gasteiger partial charge in [0.25, 0.3) is 0 Å². The molecule has 1 fully saturated rings. The van der Waals surface area contributed by atoms with Crippen molar-refractivity contribution in [3.8, 4) is 11.3 Å². The molecule has 0 aliphatic carbocycles. The number of unbranched alkanes of at least 4 members (excludes halogenated alkanes) is 1. The van der Waals surface area contributed by atoms with Crippen molar-refractivity contribution in [2.24, 2.45) is 0 Å². The summed E-state index contributed by atoms with van der Waals surface area (Å²) in [7, 11) is -3.26. The monoisotopic (exact) mass is 628 g/mol. The molecule has 0 saturated carbocycles. The zero-order chi connectivity index (χ0) is 32.1. The summed E-state index contributed by atoms with van der Waals surface area (Å²) in [5, 5.41) is 4.85. The summed E-state index contributed by atoms with van der Waals surface area (Å²) >= 11 is 0. The topological polar surface area (TPSA) is 94.3 Å². The lowest BCUT2D eigenvalue weighted by atomic mass is 9.98. The van der Waals surface area contributed by atoms with Gasteiger partial charge in [0, 0.05) is 34.4 Å². The number of fused-ring (bicyclic) bond motifs is 1. The molecule has 1 aliphatic rings. The van der Waals surface area contributed by atoms with E-state index in [0.717, 1.165) is 74.6 Å². The number of hydrogen-bond acceptors (Lipinski definition) is 4. The van der Waals surface area contributed by atoms with E-state index < -0.39 is 10.0 Å². The zero-order valence-electron chi connectivity index (χ0n) is 27.4. The molecule has 3 aromatic carbocycles. The average molecular weight is 629 g/mol. The first-order chi connectivity index (χ1) is 21.5. The van der Waals surface area contributed by atoms with Crippen molar-refractivity contribution in [2.75, 3.05) is 24.1 Å². The lowest BCUT2D eigenvalue weighted by molar-refractivity contribution is -0.132. The lowest BCUT2D eigenvalue weighted by Gasteiger charge is -2.26. The second kappa shape index (κ2) is 14.2. The molecule has 4 aromatic rings. The molecule has 0 bridgehead atoms. The molecule has 1 aromatic heterocycles. The van der Waals surface area contributed by atoms with Crippen molar-refractivity contribution >= 4 is 32.5 Å². The van der Waals surface area contributed by atoms with Gasteiger partial charge in [0.05, 0.1) is 12.7 Å². The Morgan fingerprint density at radius 3 is 2.20 bits per heavy atom. The van der Waals surface area contributed by atoms with Crippen LogP contribution in [0.15, 0.2) is 60.7 Å². The van der Waals surface area contributed by atoms with Gasteiger partial charge in [-0.05, 0) is 138 Å². The summed E-state index contributed by atoms with van der Waals surface area (Å²) in [6.07, 6.45) is 7.71. The third-order valence-corrected chi connectivity index (χ3v) is 9.56. The number of aromatic amines is 1. The fourth-order valence-corrected chi connectivity index (χ4v) is 7.42. The second-order valence-electron chi connectivity index (χ2n) is 13.0. The van der Waals surface area contributed by atoms with Crippen LogP contribution in [0.1, 0.15) is 67.3 Å². The number of sulfonamides is 1. The van der Waals surface area contributed by atoms with Gasteiger partial charge in [-0.25, -0.2) is 8.42 Å². The van der Waals surface area contributed by atoms with Gasteiger partial charge in [0.2, 0.25) is 15.9 Å². The molecule has 240 valence electrons. The van der Waals surface area contributed by atoms with Crippen LogP contribution >= 0.6 is 0 Å². The van der Waals surface area contributed by atoms with Crippen molar-refractivity contribution in [3.63, 3.8) is 0 Å². The number of anilines is 1. The SMILES string of the molecule is Cc1cc(C)cc(-c2[nH]c3ccc(CC(=O)N4C(C)CCC4C)cc3c2CCNCCCCc2ccc(NS(C)(=O)=O)cc2)c1. The van der Waals surface area contributed by atoms with E-state index in [2.05, 4.69) is 84.0 Å². The number of aromatic nitrogens is 1. The molecule has 7 nitrogen and oxygen atoms in total. The van der Waals surface area contributed by atoms with Gasteiger partial charge in [0.1, 0.15) is 0 Å². The number of likely N-dealkylation sites (tertiary alicyclic amines) is 1. The van der Waals surface area contributed by atoms with Gasteiger partial charge in [0.15, 0.2) is 0 Å². The van der Waals surface area contributed by atoms with Crippen LogP contribution in [-0.2, 0) is 34.1 Å². The number of amides is 1. The highest BCUT2D eigenvalue weighted by Gasteiger charge is 2.31. The first kappa shape index (κ1) is 32.8. The fraction of sp³-hybridized carbons (Fsp3) is 0.432. The number of nitrogens with zero attached hydrogens (tertiary/aromatic N) is 1. The van der Waals surface area contributed by atoms with Crippen molar-refractivity contribution in [1.29, 1.82) is 0 Å². The Hall–Kier alpha value is -3.62. The summed E-state index contributed by atoms with van der Waals surface area (Å²) in [5.74, 6) is 0.224. The predicted octanol–water partition coefficient (Wildman–Crippen LogP) is 6.92. The number of carbonyl (C=O) groups is 1. The van der Waals surface area contributed by atoms with Crippen LogP contribution in [0.4, 0.5) is 5.69 Å². The Morgan fingerprint density at radius 2 is 1.53 bits per heavy atom. The number of aryl methyl sites for hydroxylation is 3. The standard InChI is InChI=1S/C37H48N4O3S/c1-25-20-26(2)22-31(21-25)37-33(17-19-38-18-7-6-8-29-11-14-32(15-12-29)40-45(5,43)44)34-23-30(13-16-35(34)39-37)24-36(42)41-27(3)9-10-28(41)4/h11-16,20-23,27-28,38-40H,6-10,17-19,24H2,1-5H3. The van der Waals surface area contributed by atoms with Gasteiger partial charge in [-0.1, -0.05) is 35.4 Å². The maximum atomic E-state index is 13.3. The summed E-state index contributed by atoms with van der Waals surface area (Å²) in [5.41, 5.74) is 10.1. The summed E-state index contributed by atoms with van der Waals surface area (Å²) < 4.78 is 25.4. The number of benzene rings is 3. The molecule has 45 heavy (non-hydrogen) atoms. The van der Waals surface area contributed by atoms with E-state index >= 15 is 0 Å². The molecule has 2 heterocycles. The molecule has 1 saturated heterocycles. The number of hydrogen-bond donors (Lipinski definition) is 3. The first-order valence-corrected chi connectivity index (χ1v) is 18.2. The minimum atomic E-state index is -3.26. The molecule has 8 heteroatoms. The predicted molar refractivity (Wildman–Crippen MR) is 186 cm³/mol. The van der Waals surface area contributed by atoms with Crippen LogP contribution < -0.4 is 10.0 Å². The highest BCUT2D eigenvalue weighted by atomic mass is 32.2. The smallest absolute Gasteiger partial charge is 0.229 e. The van der Waals surface area contributed by atoms with Crippen LogP contribution in [0.5, 0.6) is 0 Å². The van der Waals surface area contributed by atoms with Crippen LogP contribution in [0.2, 0.25) is 0 Å². The minimum absolute atomic E-state index is 0.224. The third-order valence-electron chi connectivity index (χ3n) is 8.95. The van der Waals surface area contributed by atoms with Crippen LogP contribution in [0.25, 0.3) is 22.2 Å². The van der Waals surface area contributed by atoms with E-state index in [1.165, 1.54) is 33.2 Å². The maximum absolute atomic E-state index is 13.3. The number of H-pyrrole nitrogens is 1. The fourth-order valence-electron chi connectivity index (χ4n) is 6.85. The molecule has 2 atom stereocenters. The van der Waals surface area contributed by atoms with Crippen molar-refractivity contribution in [2.45, 2.75) is 84.7 Å². The van der Waals surface area contributed by atoms with Gasteiger partial charge >= 0.3 is 0 Å². The summed E-state index contributed by atoms with van der Waals surface area (Å²) in [6, 6.07) is 21.4. The number of rotatable bonds is 13.